The molecule has 0 saturated heterocycles. The molecular weight excluding hydrogens is 401 g/mol. The molecule has 1 amide bonds. The number of carbonyl (C=O) groups is 1. The largest absolute Gasteiger partial charge is 0.449 e. The third-order valence-corrected chi connectivity index (χ3v) is 5.40. The summed E-state index contributed by atoms with van der Waals surface area (Å²) < 4.78 is 18.9. The normalized spacial score (nSPS) is 14.4. The first-order chi connectivity index (χ1) is 15.0. The first-order valence-corrected chi connectivity index (χ1v) is 9.81. The highest BCUT2D eigenvalue weighted by Gasteiger charge is 2.29. The maximum Gasteiger partial charge on any atom is 0.407 e. The van der Waals surface area contributed by atoms with Crippen molar-refractivity contribution in [3.8, 4) is 11.1 Å². The van der Waals surface area contributed by atoms with Crippen LogP contribution in [-0.4, -0.2) is 40.5 Å². The van der Waals surface area contributed by atoms with Gasteiger partial charge in [-0.3, -0.25) is 0 Å². The highest BCUT2D eigenvalue weighted by atomic mass is 19.1. The van der Waals surface area contributed by atoms with Gasteiger partial charge in [0.25, 0.3) is 0 Å². The minimum atomic E-state index is -1.45. The first kappa shape index (κ1) is 20.8. The van der Waals surface area contributed by atoms with Gasteiger partial charge in [0, 0.05) is 24.2 Å². The number of nitrogens with one attached hydrogen (secondary N) is 1. The van der Waals surface area contributed by atoms with E-state index in [2.05, 4.69) is 10.3 Å². The van der Waals surface area contributed by atoms with Crippen LogP contribution >= 0.6 is 0 Å². The van der Waals surface area contributed by atoms with Crippen LogP contribution in [-0.2, 0) is 4.74 Å². The van der Waals surface area contributed by atoms with Gasteiger partial charge in [0.05, 0.1) is 0 Å². The number of nitrogen functional groups attached to an aromatic ring is 1. The van der Waals surface area contributed by atoms with Crippen LogP contribution < -0.4 is 11.1 Å². The van der Waals surface area contributed by atoms with Crippen molar-refractivity contribution in [1.82, 2.24) is 10.3 Å². The molecule has 3 aromatic rings. The average Bonchev–Trinajstić information content (AvgIpc) is 3.11. The number of alkyl carbamates (subject to hydrolysis) is 1. The number of ether oxygens (including phenoxy) is 1. The van der Waals surface area contributed by atoms with E-state index < -0.39 is 24.1 Å². The summed E-state index contributed by atoms with van der Waals surface area (Å²) in [5, 5.41) is 22.7. The van der Waals surface area contributed by atoms with Gasteiger partial charge in [-0.15, -0.1) is 0 Å². The maximum atomic E-state index is 13.5. The molecule has 2 unspecified atom stereocenters. The fraction of sp³-hybridized carbons (Fsp3) is 0.217. The van der Waals surface area contributed by atoms with Crippen molar-refractivity contribution in [2.24, 2.45) is 0 Å². The van der Waals surface area contributed by atoms with Crippen LogP contribution in [0.1, 0.15) is 28.7 Å². The molecule has 1 aliphatic rings. The van der Waals surface area contributed by atoms with Gasteiger partial charge < -0.3 is 26.0 Å². The Balaban J connectivity index is 1.34. The quantitative estimate of drug-likeness (QED) is 0.484. The van der Waals surface area contributed by atoms with Gasteiger partial charge in [-0.05, 0) is 28.3 Å². The van der Waals surface area contributed by atoms with Gasteiger partial charge >= 0.3 is 6.09 Å². The van der Waals surface area contributed by atoms with E-state index in [-0.39, 0.29) is 30.5 Å². The number of nitrogens with zero attached hydrogens (tertiary/aromatic N) is 1. The van der Waals surface area contributed by atoms with Gasteiger partial charge in [-0.1, -0.05) is 48.5 Å². The number of halogens is 1. The summed E-state index contributed by atoms with van der Waals surface area (Å²) in [5.74, 6) is -1.19. The molecule has 5 N–H and O–H groups in total. The van der Waals surface area contributed by atoms with Crippen molar-refractivity contribution < 1.29 is 24.1 Å². The van der Waals surface area contributed by atoms with E-state index >= 15 is 0 Å². The highest BCUT2D eigenvalue weighted by molar-refractivity contribution is 5.79. The van der Waals surface area contributed by atoms with Crippen LogP contribution in [0, 0.1) is 5.82 Å². The minimum absolute atomic E-state index is 0.0496. The predicted octanol–water partition coefficient (Wildman–Crippen LogP) is 2.74. The number of benzene rings is 2. The van der Waals surface area contributed by atoms with Crippen LogP contribution in [0.4, 0.5) is 15.0 Å². The summed E-state index contributed by atoms with van der Waals surface area (Å²) in [4.78, 5) is 15.8. The zero-order chi connectivity index (χ0) is 22.0. The molecule has 160 valence electrons. The van der Waals surface area contributed by atoms with Crippen LogP contribution in [0.3, 0.4) is 0 Å². The lowest BCUT2D eigenvalue weighted by Gasteiger charge is -2.19. The Bertz CT molecular complexity index is 1060. The van der Waals surface area contributed by atoms with Crippen molar-refractivity contribution in [3.05, 3.63) is 83.3 Å². The molecule has 2 atom stereocenters. The van der Waals surface area contributed by atoms with E-state index in [1.165, 1.54) is 6.20 Å². The van der Waals surface area contributed by atoms with E-state index in [9.17, 15) is 19.4 Å². The second-order valence-electron chi connectivity index (χ2n) is 7.35. The molecule has 0 aliphatic heterocycles. The van der Waals surface area contributed by atoms with Gasteiger partial charge in [0.2, 0.25) is 0 Å². The number of hydrogen-bond acceptors (Lipinski definition) is 6. The Labute approximate surface area is 178 Å². The number of hydrogen-bond donors (Lipinski definition) is 4. The topological polar surface area (TPSA) is 118 Å². The number of amides is 1. The van der Waals surface area contributed by atoms with Crippen LogP contribution in [0.5, 0.6) is 0 Å². The number of aliphatic hydroxyl groups is 2. The van der Waals surface area contributed by atoms with E-state index in [1.54, 1.807) is 0 Å². The lowest BCUT2D eigenvalue weighted by molar-refractivity contribution is 0.0182. The third kappa shape index (κ3) is 4.21. The summed E-state index contributed by atoms with van der Waals surface area (Å²) in [7, 11) is 0. The van der Waals surface area contributed by atoms with E-state index in [1.807, 2.05) is 48.5 Å². The smallest absolute Gasteiger partial charge is 0.407 e. The zero-order valence-electron chi connectivity index (χ0n) is 16.5. The van der Waals surface area contributed by atoms with Crippen molar-refractivity contribution >= 4 is 11.9 Å². The van der Waals surface area contributed by atoms with Gasteiger partial charge in [-0.2, -0.15) is 0 Å². The van der Waals surface area contributed by atoms with Crippen LogP contribution in [0.2, 0.25) is 0 Å². The second-order valence-corrected chi connectivity index (χ2v) is 7.35. The number of aromatic nitrogens is 1. The highest BCUT2D eigenvalue weighted by Crippen LogP contribution is 2.44. The Morgan fingerprint density at radius 1 is 1.13 bits per heavy atom. The molecule has 1 aliphatic carbocycles. The number of rotatable bonds is 6. The van der Waals surface area contributed by atoms with Crippen LogP contribution in [0.25, 0.3) is 11.1 Å². The molecule has 1 heterocycles. The molecule has 0 radical (unpaired) electrons. The number of pyridine rings is 1. The van der Waals surface area contributed by atoms with Gasteiger partial charge in [-0.25, -0.2) is 14.2 Å². The summed E-state index contributed by atoms with van der Waals surface area (Å²) in [6, 6.07) is 16.9. The molecule has 0 saturated carbocycles. The number of fused-ring (bicyclic) bond motifs is 3. The molecular formula is C23H22FN3O4. The molecule has 2 aromatic carbocycles. The van der Waals surface area contributed by atoms with Crippen molar-refractivity contribution in [1.29, 1.82) is 0 Å². The molecule has 0 bridgehead atoms. The van der Waals surface area contributed by atoms with Gasteiger partial charge in [0.15, 0.2) is 11.6 Å². The number of aliphatic hydroxyl groups excluding tert-OH is 2. The number of carbonyl (C=O) groups excluding carboxylic acids is 1. The summed E-state index contributed by atoms with van der Waals surface area (Å²) in [5.41, 5.74) is 9.77. The van der Waals surface area contributed by atoms with E-state index in [4.69, 9.17) is 10.5 Å². The molecule has 4 rings (SSSR count). The Kier molecular flexibility index (Phi) is 5.83. The summed E-state index contributed by atoms with van der Waals surface area (Å²) in [6.07, 6.45) is -2.39. The number of anilines is 1. The average molecular weight is 423 g/mol. The van der Waals surface area contributed by atoms with Crippen molar-refractivity contribution in [2.75, 3.05) is 18.9 Å². The molecule has 0 fully saturated rings. The molecule has 1 aromatic heterocycles. The van der Waals surface area contributed by atoms with E-state index in [0.717, 1.165) is 28.3 Å². The molecule has 7 nitrogen and oxygen atoms in total. The Morgan fingerprint density at radius 3 is 2.35 bits per heavy atom. The minimum Gasteiger partial charge on any atom is -0.449 e. The number of nitrogens with two attached hydrogens (primary N) is 1. The summed E-state index contributed by atoms with van der Waals surface area (Å²) >= 11 is 0. The molecule has 8 heteroatoms. The molecule has 31 heavy (non-hydrogen) atoms. The Hall–Kier alpha value is -3.49. The summed E-state index contributed by atoms with van der Waals surface area (Å²) in [6.45, 7) is -0.157. The zero-order valence-corrected chi connectivity index (χ0v) is 16.5. The lowest BCUT2D eigenvalue weighted by atomic mass is 9.98. The Morgan fingerprint density at radius 2 is 1.74 bits per heavy atom. The standard InChI is InChI=1S/C23H22FN3O4/c24-19-9-13(10-26-22(19)25)21(29)20(28)11-27-23(30)31-12-18-16-7-3-1-5-14(16)15-6-2-4-8-17(15)18/h1-10,18,20-21,28-29H,11-12H2,(H2,25,26)(H,27,30). The monoisotopic (exact) mass is 423 g/mol. The lowest BCUT2D eigenvalue weighted by Crippen LogP contribution is -2.36. The fourth-order valence-electron chi connectivity index (χ4n) is 3.80. The molecule has 0 spiro atoms. The van der Waals surface area contributed by atoms with Crippen molar-refractivity contribution in [3.63, 3.8) is 0 Å². The second kappa shape index (κ2) is 8.71. The predicted molar refractivity (Wildman–Crippen MR) is 113 cm³/mol. The van der Waals surface area contributed by atoms with E-state index in [0.29, 0.717) is 0 Å². The third-order valence-electron chi connectivity index (χ3n) is 5.40. The van der Waals surface area contributed by atoms with Gasteiger partial charge in [0.1, 0.15) is 18.8 Å². The first-order valence-electron chi connectivity index (χ1n) is 9.81. The van der Waals surface area contributed by atoms with Crippen LogP contribution in [0.15, 0.2) is 60.8 Å². The SMILES string of the molecule is Nc1ncc(C(O)C(O)CNC(=O)OCC2c3ccccc3-c3ccccc32)cc1F. The van der Waals surface area contributed by atoms with Crippen molar-refractivity contribution in [2.45, 2.75) is 18.1 Å². The fourth-order valence-corrected chi connectivity index (χ4v) is 3.80. The maximum absolute atomic E-state index is 13.5.